The third-order valence-electron chi connectivity index (χ3n) is 2.08. The number of methoxy groups -OCH3 is 1. The molecule has 0 aromatic heterocycles. The summed E-state index contributed by atoms with van der Waals surface area (Å²) >= 11 is 3.35. The predicted octanol–water partition coefficient (Wildman–Crippen LogP) is 3.55. The first-order valence-corrected chi connectivity index (χ1v) is 6.46. The van der Waals surface area contributed by atoms with Crippen LogP contribution in [0.1, 0.15) is 36.7 Å². The number of hydrogen-bond donors (Lipinski definition) is 0. The molecule has 0 N–H and O–H groups in total. The zero-order chi connectivity index (χ0) is 13.1. The van der Waals surface area contributed by atoms with Gasteiger partial charge in [0.15, 0.2) is 0 Å². The number of rotatable bonds is 3. The fourth-order valence-corrected chi connectivity index (χ4v) is 1.81. The van der Waals surface area contributed by atoms with Crippen LogP contribution in [-0.4, -0.2) is 18.7 Å². The van der Waals surface area contributed by atoms with Gasteiger partial charge in [-0.2, -0.15) is 0 Å². The van der Waals surface area contributed by atoms with E-state index in [0.29, 0.717) is 16.6 Å². The molecule has 0 aliphatic heterocycles. The van der Waals surface area contributed by atoms with Crippen LogP contribution in [0.2, 0.25) is 0 Å². The van der Waals surface area contributed by atoms with Crippen LogP contribution in [0.3, 0.4) is 0 Å². The third kappa shape index (κ3) is 4.04. The van der Waals surface area contributed by atoms with Crippen molar-refractivity contribution in [3.63, 3.8) is 0 Å². The van der Waals surface area contributed by atoms with Crippen LogP contribution < -0.4 is 4.74 Å². The van der Waals surface area contributed by atoms with Crippen molar-refractivity contribution in [2.75, 3.05) is 7.11 Å². The summed E-state index contributed by atoms with van der Waals surface area (Å²) in [5, 5.41) is 0.603. The molecule has 17 heavy (non-hydrogen) atoms. The van der Waals surface area contributed by atoms with E-state index in [0.717, 1.165) is 5.56 Å². The molecule has 0 spiro atoms. The highest BCUT2D eigenvalue weighted by Crippen LogP contribution is 2.22. The van der Waals surface area contributed by atoms with Gasteiger partial charge in [-0.15, -0.1) is 0 Å². The second-order valence-electron chi connectivity index (χ2n) is 4.66. The molecule has 0 amide bonds. The molecule has 0 saturated heterocycles. The monoisotopic (exact) mass is 300 g/mol. The van der Waals surface area contributed by atoms with E-state index in [-0.39, 0.29) is 5.97 Å². The lowest BCUT2D eigenvalue weighted by Gasteiger charge is -2.20. The van der Waals surface area contributed by atoms with Gasteiger partial charge in [-0.05, 0) is 38.5 Å². The number of halogens is 1. The van der Waals surface area contributed by atoms with Crippen molar-refractivity contribution in [3.8, 4) is 5.75 Å². The number of ether oxygens (including phenoxy) is 2. The Morgan fingerprint density at radius 3 is 2.47 bits per heavy atom. The second kappa shape index (κ2) is 5.54. The maximum absolute atomic E-state index is 12.0. The molecule has 0 radical (unpaired) electrons. The normalized spacial score (nSPS) is 11.1. The molecule has 0 aliphatic rings. The Kier molecular flexibility index (Phi) is 4.57. The van der Waals surface area contributed by atoms with Crippen molar-refractivity contribution >= 4 is 21.9 Å². The van der Waals surface area contributed by atoms with Gasteiger partial charge in [0.2, 0.25) is 0 Å². The molecule has 1 rings (SSSR count). The number of alkyl halides is 1. The van der Waals surface area contributed by atoms with Gasteiger partial charge in [0.25, 0.3) is 0 Å². The van der Waals surface area contributed by atoms with Gasteiger partial charge in [-0.25, -0.2) is 4.79 Å². The molecular formula is C13H17BrO3. The molecule has 1 aromatic carbocycles. The van der Waals surface area contributed by atoms with Crippen LogP contribution in [0.5, 0.6) is 5.75 Å². The Morgan fingerprint density at radius 2 is 2.00 bits per heavy atom. The Labute approximate surface area is 110 Å². The van der Waals surface area contributed by atoms with E-state index in [9.17, 15) is 4.79 Å². The minimum Gasteiger partial charge on any atom is -0.497 e. The van der Waals surface area contributed by atoms with Gasteiger partial charge in [-0.3, -0.25) is 0 Å². The zero-order valence-corrected chi connectivity index (χ0v) is 12.1. The third-order valence-corrected chi connectivity index (χ3v) is 2.68. The minimum atomic E-state index is -0.496. The van der Waals surface area contributed by atoms with Crippen molar-refractivity contribution < 1.29 is 14.3 Å². The largest absolute Gasteiger partial charge is 0.497 e. The quantitative estimate of drug-likeness (QED) is 0.632. The number of carbonyl (C=O) groups is 1. The second-order valence-corrected chi connectivity index (χ2v) is 5.22. The van der Waals surface area contributed by atoms with Crippen molar-refractivity contribution in [3.05, 3.63) is 29.3 Å². The maximum Gasteiger partial charge on any atom is 0.339 e. The first-order chi connectivity index (χ1) is 7.87. The average Bonchev–Trinajstić information content (AvgIpc) is 2.25. The summed E-state index contributed by atoms with van der Waals surface area (Å²) in [6, 6.07) is 5.38. The number of esters is 1. The number of carbonyl (C=O) groups excluding carboxylic acids is 1. The molecule has 0 heterocycles. The summed E-state index contributed by atoms with van der Waals surface area (Å²) in [4.78, 5) is 12.0. The lowest BCUT2D eigenvalue weighted by Crippen LogP contribution is -2.24. The molecular weight excluding hydrogens is 284 g/mol. The summed E-state index contributed by atoms with van der Waals surface area (Å²) in [6.45, 7) is 5.54. The number of benzene rings is 1. The molecule has 4 heteroatoms. The molecule has 0 atom stereocenters. The van der Waals surface area contributed by atoms with E-state index in [1.54, 1.807) is 13.2 Å². The van der Waals surface area contributed by atoms with Gasteiger partial charge in [0.1, 0.15) is 11.4 Å². The van der Waals surface area contributed by atoms with E-state index in [1.807, 2.05) is 32.9 Å². The molecule has 0 fully saturated rings. The summed E-state index contributed by atoms with van der Waals surface area (Å²) in [6.07, 6.45) is 0. The van der Waals surface area contributed by atoms with Crippen LogP contribution >= 0.6 is 15.9 Å². The lowest BCUT2D eigenvalue weighted by molar-refractivity contribution is 0.00683. The van der Waals surface area contributed by atoms with Crippen molar-refractivity contribution in [2.45, 2.75) is 31.7 Å². The van der Waals surface area contributed by atoms with E-state index >= 15 is 0 Å². The summed E-state index contributed by atoms with van der Waals surface area (Å²) in [7, 11) is 1.57. The molecule has 0 bridgehead atoms. The van der Waals surface area contributed by atoms with Gasteiger partial charge < -0.3 is 9.47 Å². The first-order valence-electron chi connectivity index (χ1n) is 5.33. The van der Waals surface area contributed by atoms with Crippen molar-refractivity contribution in [2.24, 2.45) is 0 Å². The van der Waals surface area contributed by atoms with Gasteiger partial charge in [0.05, 0.1) is 12.7 Å². The van der Waals surface area contributed by atoms with Crippen molar-refractivity contribution in [1.29, 1.82) is 0 Å². The van der Waals surface area contributed by atoms with Gasteiger partial charge in [-0.1, -0.05) is 22.0 Å². The molecule has 94 valence electrons. The summed E-state index contributed by atoms with van der Waals surface area (Å²) < 4.78 is 10.5. The molecule has 0 unspecified atom stereocenters. The zero-order valence-electron chi connectivity index (χ0n) is 10.5. The smallest absolute Gasteiger partial charge is 0.339 e. The fourth-order valence-electron chi connectivity index (χ4n) is 1.32. The molecule has 3 nitrogen and oxygen atoms in total. The Balaban J connectivity index is 3.05. The van der Waals surface area contributed by atoms with Gasteiger partial charge >= 0.3 is 5.97 Å². The van der Waals surface area contributed by atoms with E-state index in [2.05, 4.69) is 15.9 Å². The lowest BCUT2D eigenvalue weighted by atomic mass is 10.1. The average molecular weight is 301 g/mol. The highest BCUT2D eigenvalue weighted by Gasteiger charge is 2.20. The first kappa shape index (κ1) is 14.0. The van der Waals surface area contributed by atoms with Crippen molar-refractivity contribution in [1.82, 2.24) is 0 Å². The molecule has 0 aliphatic carbocycles. The van der Waals surface area contributed by atoms with Crippen LogP contribution in [0, 0.1) is 0 Å². The molecule has 0 saturated carbocycles. The van der Waals surface area contributed by atoms with Crippen LogP contribution in [0.15, 0.2) is 18.2 Å². The maximum atomic E-state index is 12.0. The van der Waals surface area contributed by atoms with Crippen LogP contribution in [0.25, 0.3) is 0 Å². The standard InChI is InChI=1S/C13H17BrO3/c1-13(2,3)17-12(15)11-7-10(16-4)6-5-9(11)8-14/h5-7H,8H2,1-4H3. The highest BCUT2D eigenvalue weighted by molar-refractivity contribution is 9.08. The van der Waals surface area contributed by atoms with E-state index in [4.69, 9.17) is 9.47 Å². The topological polar surface area (TPSA) is 35.5 Å². The Bertz CT molecular complexity index is 408. The highest BCUT2D eigenvalue weighted by atomic mass is 79.9. The van der Waals surface area contributed by atoms with E-state index < -0.39 is 5.60 Å². The predicted molar refractivity (Wildman–Crippen MR) is 70.8 cm³/mol. The summed E-state index contributed by atoms with van der Waals surface area (Å²) in [5.74, 6) is 0.321. The summed E-state index contributed by atoms with van der Waals surface area (Å²) in [5.41, 5.74) is 0.931. The molecule has 1 aromatic rings. The van der Waals surface area contributed by atoms with Crippen LogP contribution in [-0.2, 0) is 10.1 Å². The van der Waals surface area contributed by atoms with E-state index in [1.165, 1.54) is 0 Å². The SMILES string of the molecule is COc1ccc(CBr)c(C(=O)OC(C)(C)C)c1. The number of hydrogen-bond acceptors (Lipinski definition) is 3. The van der Waals surface area contributed by atoms with Gasteiger partial charge in [0, 0.05) is 5.33 Å². The Hall–Kier alpha value is -1.03. The Morgan fingerprint density at radius 1 is 1.35 bits per heavy atom. The minimum absolute atomic E-state index is 0.328. The fraction of sp³-hybridized carbons (Fsp3) is 0.462. The van der Waals surface area contributed by atoms with Crippen LogP contribution in [0.4, 0.5) is 0 Å².